The molecule has 0 radical (unpaired) electrons. The fourth-order valence-electron chi connectivity index (χ4n) is 2.19. The molecule has 0 spiro atoms. The largest absolute Gasteiger partial charge is 0.321 e. The summed E-state index contributed by atoms with van der Waals surface area (Å²) in [5.41, 5.74) is 1.91. The highest BCUT2D eigenvalue weighted by molar-refractivity contribution is 7.80. The number of halogens is 2. The molecule has 0 atom stereocenters. The zero-order valence-electron chi connectivity index (χ0n) is 10.2. The van der Waals surface area contributed by atoms with Crippen LogP contribution in [-0.4, -0.2) is 4.98 Å². The number of pyridine rings is 1. The van der Waals surface area contributed by atoms with Gasteiger partial charge in [-0.15, -0.1) is 12.6 Å². The van der Waals surface area contributed by atoms with Gasteiger partial charge in [0.15, 0.2) is 0 Å². The molecule has 2 aromatic carbocycles. The van der Waals surface area contributed by atoms with E-state index < -0.39 is 0 Å². The van der Waals surface area contributed by atoms with Crippen LogP contribution >= 0.6 is 35.8 Å². The maximum absolute atomic E-state index is 12.0. The Bertz CT molecular complexity index is 873. The van der Waals surface area contributed by atoms with Crippen molar-refractivity contribution in [2.24, 2.45) is 0 Å². The van der Waals surface area contributed by atoms with Gasteiger partial charge < -0.3 is 4.98 Å². The van der Waals surface area contributed by atoms with Gasteiger partial charge in [-0.25, -0.2) is 0 Å². The number of benzene rings is 2. The molecule has 0 fully saturated rings. The van der Waals surface area contributed by atoms with E-state index in [1.54, 1.807) is 24.3 Å². The molecule has 0 bridgehead atoms. The summed E-state index contributed by atoms with van der Waals surface area (Å²) < 4.78 is 0. The molecule has 3 aromatic rings. The van der Waals surface area contributed by atoms with Gasteiger partial charge in [0.1, 0.15) is 0 Å². The third kappa shape index (κ3) is 2.22. The highest BCUT2D eigenvalue weighted by atomic mass is 35.5. The molecule has 0 amide bonds. The maximum Gasteiger partial charge on any atom is 0.262 e. The number of nitrogens with one attached hydrogen (secondary N) is 1. The average molecular weight is 322 g/mol. The molecular weight excluding hydrogens is 313 g/mol. The van der Waals surface area contributed by atoms with Crippen LogP contribution in [-0.2, 0) is 0 Å². The Kier molecular flexibility index (Phi) is 3.50. The highest BCUT2D eigenvalue weighted by Gasteiger charge is 2.14. The number of aromatic nitrogens is 1. The molecular formula is C15H9Cl2NOS. The summed E-state index contributed by atoms with van der Waals surface area (Å²) in [6, 6.07) is 12.6. The third-order valence-corrected chi connectivity index (χ3v) is 4.09. The van der Waals surface area contributed by atoms with Crippen LogP contribution in [0.3, 0.4) is 0 Å². The summed E-state index contributed by atoms with van der Waals surface area (Å²) in [4.78, 5) is 15.1. The first-order chi connectivity index (χ1) is 9.58. The van der Waals surface area contributed by atoms with Crippen LogP contribution < -0.4 is 5.56 Å². The molecule has 20 heavy (non-hydrogen) atoms. The normalized spacial score (nSPS) is 10.9. The zero-order chi connectivity index (χ0) is 14.3. The quantitative estimate of drug-likeness (QED) is 0.620. The fourth-order valence-corrected chi connectivity index (χ4v) is 2.89. The first-order valence-corrected chi connectivity index (χ1v) is 7.07. The van der Waals surface area contributed by atoms with Gasteiger partial charge in [-0.2, -0.15) is 0 Å². The van der Waals surface area contributed by atoms with Crippen molar-refractivity contribution in [3.05, 3.63) is 62.9 Å². The first-order valence-electron chi connectivity index (χ1n) is 5.87. The van der Waals surface area contributed by atoms with Crippen LogP contribution in [0.5, 0.6) is 0 Å². The van der Waals surface area contributed by atoms with Gasteiger partial charge in [0.05, 0.1) is 4.90 Å². The van der Waals surface area contributed by atoms with Gasteiger partial charge in [0.25, 0.3) is 5.56 Å². The van der Waals surface area contributed by atoms with E-state index in [1.165, 1.54) is 0 Å². The van der Waals surface area contributed by atoms with Crippen molar-refractivity contribution >= 4 is 46.7 Å². The Morgan fingerprint density at radius 1 is 1.05 bits per heavy atom. The van der Waals surface area contributed by atoms with E-state index in [2.05, 4.69) is 17.6 Å². The van der Waals surface area contributed by atoms with Crippen LogP contribution in [0.1, 0.15) is 0 Å². The van der Waals surface area contributed by atoms with Crippen molar-refractivity contribution in [2.45, 2.75) is 4.90 Å². The SMILES string of the molecule is O=c1[nH]c2ccc(Cl)cc2c(-c2ccccc2Cl)c1S. The Morgan fingerprint density at radius 2 is 1.80 bits per heavy atom. The van der Waals surface area contributed by atoms with Gasteiger partial charge in [0, 0.05) is 32.1 Å². The number of thiol groups is 1. The number of aromatic amines is 1. The molecule has 0 aliphatic heterocycles. The van der Waals surface area contributed by atoms with Gasteiger partial charge in [-0.1, -0.05) is 41.4 Å². The summed E-state index contributed by atoms with van der Waals surface area (Å²) in [6.07, 6.45) is 0. The van der Waals surface area contributed by atoms with E-state index in [-0.39, 0.29) is 5.56 Å². The molecule has 100 valence electrons. The van der Waals surface area contributed by atoms with Crippen molar-refractivity contribution in [1.82, 2.24) is 4.98 Å². The van der Waals surface area contributed by atoms with Gasteiger partial charge >= 0.3 is 0 Å². The smallest absolute Gasteiger partial charge is 0.262 e. The molecule has 1 aromatic heterocycles. The van der Waals surface area contributed by atoms with Gasteiger partial charge in [-0.05, 0) is 24.3 Å². The predicted molar refractivity (Wildman–Crippen MR) is 87.3 cm³/mol. The van der Waals surface area contributed by atoms with E-state index in [9.17, 15) is 4.79 Å². The molecule has 1 N–H and O–H groups in total. The first kappa shape index (κ1) is 13.6. The fraction of sp³-hybridized carbons (Fsp3) is 0. The van der Waals surface area contributed by atoms with Crippen molar-refractivity contribution < 1.29 is 0 Å². The Morgan fingerprint density at radius 3 is 2.55 bits per heavy atom. The molecule has 0 aliphatic rings. The molecule has 2 nitrogen and oxygen atoms in total. The molecule has 3 rings (SSSR count). The van der Waals surface area contributed by atoms with Crippen LogP contribution in [0.25, 0.3) is 22.0 Å². The Balaban J connectivity index is 2.51. The Labute approximate surface area is 130 Å². The average Bonchev–Trinajstić information content (AvgIpc) is 2.42. The summed E-state index contributed by atoms with van der Waals surface area (Å²) in [5.74, 6) is 0. The minimum absolute atomic E-state index is 0.252. The number of rotatable bonds is 1. The lowest BCUT2D eigenvalue weighted by molar-refractivity contribution is 1.20. The van der Waals surface area contributed by atoms with Crippen molar-refractivity contribution in [3.8, 4) is 11.1 Å². The minimum atomic E-state index is -0.252. The van der Waals surface area contributed by atoms with E-state index in [4.69, 9.17) is 23.2 Å². The molecule has 5 heteroatoms. The monoisotopic (exact) mass is 321 g/mol. The molecule has 0 saturated carbocycles. The van der Waals surface area contributed by atoms with Crippen LogP contribution in [0.2, 0.25) is 10.0 Å². The van der Waals surface area contributed by atoms with Crippen molar-refractivity contribution in [3.63, 3.8) is 0 Å². The number of hydrogen-bond donors (Lipinski definition) is 2. The molecule has 0 aliphatic carbocycles. The Hall–Kier alpha value is -1.42. The summed E-state index contributed by atoms with van der Waals surface area (Å²) >= 11 is 16.6. The number of H-pyrrole nitrogens is 1. The summed E-state index contributed by atoms with van der Waals surface area (Å²) in [7, 11) is 0. The van der Waals surface area contributed by atoms with Crippen LogP contribution in [0.15, 0.2) is 52.2 Å². The predicted octanol–water partition coefficient (Wildman–Crippen LogP) is 4.79. The van der Waals surface area contributed by atoms with Crippen LogP contribution in [0.4, 0.5) is 0 Å². The lowest BCUT2D eigenvalue weighted by Gasteiger charge is -2.11. The second kappa shape index (κ2) is 5.17. The minimum Gasteiger partial charge on any atom is -0.321 e. The molecule has 0 unspecified atom stereocenters. The second-order valence-corrected chi connectivity index (χ2v) is 5.64. The standard InChI is InChI=1S/C15H9Cl2NOS/c16-8-5-6-12-10(7-8)13(14(20)15(19)18-12)9-3-1-2-4-11(9)17/h1-7,20H,(H,18,19). The van der Waals surface area contributed by atoms with E-state index in [0.29, 0.717) is 26.0 Å². The topological polar surface area (TPSA) is 32.9 Å². The second-order valence-electron chi connectivity index (χ2n) is 4.35. The van der Waals surface area contributed by atoms with Gasteiger partial charge in [-0.3, -0.25) is 4.79 Å². The number of hydrogen-bond acceptors (Lipinski definition) is 2. The third-order valence-electron chi connectivity index (χ3n) is 3.09. The molecule has 1 heterocycles. The van der Waals surface area contributed by atoms with Crippen molar-refractivity contribution in [2.75, 3.05) is 0 Å². The van der Waals surface area contributed by atoms with E-state index >= 15 is 0 Å². The number of fused-ring (bicyclic) bond motifs is 1. The van der Waals surface area contributed by atoms with E-state index in [0.717, 1.165) is 10.9 Å². The van der Waals surface area contributed by atoms with Gasteiger partial charge in [0.2, 0.25) is 0 Å². The summed E-state index contributed by atoms with van der Waals surface area (Å²) in [5, 5.41) is 1.97. The lowest BCUT2D eigenvalue weighted by Crippen LogP contribution is -2.09. The zero-order valence-corrected chi connectivity index (χ0v) is 12.6. The van der Waals surface area contributed by atoms with Crippen LogP contribution in [0, 0.1) is 0 Å². The lowest BCUT2D eigenvalue weighted by atomic mass is 10.0. The van der Waals surface area contributed by atoms with Crippen molar-refractivity contribution in [1.29, 1.82) is 0 Å². The highest BCUT2D eigenvalue weighted by Crippen LogP contribution is 2.36. The summed E-state index contributed by atoms with van der Waals surface area (Å²) in [6.45, 7) is 0. The molecule has 0 saturated heterocycles. The van der Waals surface area contributed by atoms with E-state index in [1.807, 2.05) is 18.2 Å². The maximum atomic E-state index is 12.0.